The highest BCUT2D eigenvalue weighted by Crippen LogP contribution is 2.20. The topological polar surface area (TPSA) is 38.0 Å². The van der Waals surface area contributed by atoms with Crippen molar-refractivity contribution < 1.29 is 9.50 Å². The van der Waals surface area contributed by atoms with Gasteiger partial charge >= 0.3 is 0 Å². The highest BCUT2D eigenvalue weighted by atomic mass is 35.5. The number of fused-ring (bicyclic) bond motifs is 1. The number of aliphatic hydroxyl groups excluding tert-OH is 1. The normalized spacial score (nSPS) is 12.7. The van der Waals surface area contributed by atoms with Crippen molar-refractivity contribution in [2.24, 2.45) is 0 Å². The third-order valence-electron chi connectivity index (χ3n) is 3.42. The highest BCUT2D eigenvalue weighted by Gasteiger charge is 2.13. The molecule has 3 rings (SSSR count). The molecule has 1 heterocycles. The Morgan fingerprint density at radius 1 is 1.19 bits per heavy atom. The number of hydrogen-bond acceptors (Lipinski definition) is 2. The second-order valence-corrected chi connectivity index (χ2v) is 5.36. The maximum atomic E-state index is 13.8. The Bertz CT molecular complexity index is 772. The molecule has 2 aromatic carbocycles. The van der Waals surface area contributed by atoms with Crippen molar-refractivity contribution >= 4 is 22.6 Å². The molecule has 0 amide bonds. The van der Waals surface area contributed by atoms with Crippen molar-refractivity contribution in [2.45, 2.75) is 19.1 Å². The lowest BCUT2D eigenvalue weighted by Gasteiger charge is -2.13. The number of aliphatic hydroxyl groups is 1. The Hall–Kier alpha value is -1.91. The fourth-order valence-electron chi connectivity index (χ4n) is 2.41. The molecule has 0 aliphatic rings. The second-order valence-electron chi connectivity index (χ2n) is 4.96. The predicted octanol–water partition coefficient (Wildman–Crippen LogP) is 3.43. The summed E-state index contributed by atoms with van der Waals surface area (Å²) in [5.74, 6) is -0.464. The molecule has 0 spiro atoms. The number of nitrogens with zero attached hydrogens (tertiary/aromatic N) is 2. The minimum Gasteiger partial charge on any atom is -0.391 e. The third kappa shape index (κ3) is 2.91. The first kappa shape index (κ1) is 14.0. The molecule has 1 atom stereocenters. The van der Waals surface area contributed by atoms with E-state index in [2.05, 4.69) is 4.98 Å². The van der Waals surface area contributed by atoms with Crippen molar-refractivity contribution in [3.05, 3.63) is 65.2 Å². The summed E-state index contributed by atoms with van der Waals surface area (Å²) in [5.41, 5.74) is 2.24. The molecule has 0 saturated carbocycles. The van der Waals surface area contributed by atoms with Crippen LogP contribution in [0.25, 0.3) is 11.0 Å². The number of para-hydroxylation sites is 2. The van der Waals surface area contributed by atoms with Gasteiger partial charge in [-0.15, -0.1) is 0 Å². The van der Waals surface area contributed by atoms with Gasteiger partial charge in [0.05, 0.1) is 35.0 Å². The van der Waals surface area contributed by atoms with E-state index < -0.39 is 11.9 Å². The Morgan fingerprint density at radius 3 is 2.86 bits per heavy atom. The average Bonchev–Trinajstić information content (AvgIpc) is 2.87. The number of imidazole rings is 1. The molecule has 1 N–H and O–H groups in total. The summed E-state index contributed by atoms with van der Waals surface area (Å²) in [4.78, 5) is 4.27. The maximum absolute atomic E-state index is 13.8. The molecular weight excluding hydrogens is 291 g/mol. The number of aromatic nitrogens is 2. The first-order valence-corrected chi connectivity index (χ1v) is 7.04. The van der Waals surface area contributed by atoms with Gasteiger partial charge in [0, 0.05) is 6.42 Å². The number of hydrogen-bond donors (Lipinski definition) is 1. The van der Waals surface area contributed by atoms with E-state index in [1.165, 1.54) is 6.07 Å². The van der Waals surface area contributed by atoms with E-state index in [-0.39, 0.29) is 11.4 Å². The first-order chi connectivity index (χ1) is 10.1. The summed E-state index contributed by atoms with van der Waals surface area (Å²) in [7, 11) is 0. The third-order valence-corrected chi connectivity index (χ3v) is 3.71. The maximum Gasteiger partial charge on any atom is 0.145 e. The molecule has 1 unspecified atom stereocenters. The minimum absolute atomic E-state index is 0.0766. The van der Waals surface area contributed by atoms with E-state index in [1.54, 1.807) is 18.5 Å². The zero-order valence-corrected chi connectivity index (χ0v) is 12.0. The number of rotatable bonds is 4. The zero-order valence-electron chi connectivity index (χ0n) is 11.2. The summed E-state index contributed by atoms with van der Waals surface area (Å²) in [6.45, 7) is 0.354. The lowest BCUT2D eigenvalue weighted by atomic mass is 10.1. The van der Waals surface area contributed by atoms with Crippen molar-refractivity contribution in [1.29, 1.82) is 0 Å². The van der Waals surface area contributed by atoms with Crippen molar-refractivity contribution in [3.8, 4) is 0 Å². The Morgan fingerprint density at radius 2 is 2.00 bits per heavy atom. The molecule has 0 aliphatic heterocycles. The van der Waals surface area contributed by atoms with Crippen LogP contribution in [-0.2, 0) is 13.0 Å². The summed E-state index contributed by atoms with van der Waals surface area (Å²) in [6, 6.07) is 12.5. The van der Waals surface area contributed by atoms with Crippen LogP contribution in [0.5, 0.6) is 0 Å². The van der Waals surface area contributed by atoms with Gasteiger partial charge < -0.3 is 9.67 Å². The summed E-state index contributed by atoms with van der Waals surface area (Å²) >= 11 is 5.75. The molecule has 3 nitrogen and oxygen atoms in total. The highest BCUT2D eigenvalue weighted by molar-refractivity contribution is 6.30. The lowest BCUT2D eigenvalue weighted by molar-refractivity contribution is 0.154. The van der Waals surface area contributed by atoms with Crippen LogP contribution in [0.2, 0.25) is 5.02 Å². The molecule has 0 fully saturated rings. The second kappa shape index (κ2) is 5.84. The van der Waals surface area contributed by atoms with Crippen LogP contribution in [0.1, 0.15) is 5.56 Å². The van der Waals surface area contributed by atoms with Crippen LogP contribution in [0.4, 0.5) is 4.39 Å². The van der Waals surface area contributed by atoms with Gasteiger partial charge in [0.2, 0.25) is 0 Å². The van der Waals surface area contributed by atoms with Gasteiger partial charge in [-0.05, 0) is 23.8 Å². The van der Waals surface area contributed by atoms with Crippen LogP contribution in [0, 0.1) is 5.82 Å². The molecule has 0 saturated heterocycles. The standard InChI is InChI=1S/C16H14ClFN2O/c17-13-5-3-4-11(16(13)18)8-12(21)9-20-10-19-14-6-1-2-7-15(14)20/h1-7,10,12,21H,8-9H2. The van der Waals surface area contributed by atoms with Gasteiger partial charge in [-0.25, -0.2) is 9.37 Å². The largest absolute Gasteiger partial charge is 0.391 e. The van der Waals surface area contributed by atoms with E-state index in [1.807, 2.05) is 28.8 Å². The van der Waals surface area contributed by atoms with Crippen LogP contribution >= 0.6 is 11.6 Å². The summed E-state index contributed by atoms with van der Waals surface area (Å²) in [5, 5.41) is 10.3. The molecule has 3 aromatic rings. The minimum atomic E-state index is -0.712. The van der Waals surface area contributed by atoms with Crippen molar-refractivity contribution in [1.82, 2.24) is 9.55 Å². The van der Waals surface area contributed by atoms with Gasteiger partial charge in [0.25, 0.3) is 0 Å². The van der Waals surface area contributed by atoms with Crippen LogP contribution in [0.15, 0.2) is 48.8 Å². The first-order valence-electron chi connectivity index (χ1n) is 6.66. The Labute approximate surface area is 126 Å². The molecule has 21 heavy (non-hydrogen) atoms. The number of halogens is 2. The van der Waals surface area contributed by atoms with Gasteiger partial charge in [-0.1, -0.05) is 35.9 Å². The molecular formula is C16H14ClFN2O. The monoisotopic (exact) mass is 304 g/mol. The SMILES string of the molecule is OC(Cc1cccc(Cl)c1F)Cn1cnc2ccccc21. The lowest BCUT2D eigenvalue weighted by Crippen LogP contribution is -2.18. The van der Waals surface area contributed by atoms with Crippen LogP contribution in [-0.4, -0.2) is 20.8 Å². The smallest absolute Gasteiger partial charge is 0.145 e. The van der Waals surface area contributed by atoms with Gasteiger partial charge in [-0.2, -0.15) is 0 Å². The summed E-state index contributed by atoms with van der Waals surface area (Å²) in [6.07, 6.45) is 1.18. The fraction of sp³-hybridized carbons (Fsp3) is 0.188. The summed E-state index contributed by atoms with van der Waals surface area (Å²) < 4.78 is 15.7. The van der Waals surface area contributed by atoms with E-state index in [9.17, 15) is 9.50 Å². The fourth-order valence-corrected chi connectivity index (χ4v) is 2.60. The van der Waals surface area contributed by atoms with Crippen LogP contribution in [0.3, 0.4) is 0 Å². The molecule has 0 radical (unpaired) electrons. The average molecular weight is 305 g/mol. The van der Waals surface area contributed by atoms with E-state index in [0.29, 0.717) is 12.1 Å². The van der Waals surface area contributed by atoms with Crippen molar-refractivity contribution in [2.75, 3.05) is 0 Å². The number of benzene rings is 2. The van der Waals surface area contributed by atoms with Crippen LogP contribution < -0.4 is 0 Å². The van der Waals surface area contributed by atoms with Gasteiger partial charge in [-0.3, -0.25) is 0 Å². The molecule has 108 valence electrons. The Balaban J connectivity index is 1.77. The molecule has 0 aliphatic carbocycles. The van der Waals surface area contributed by atoms with Crippen molar-refractivity contribution in [3.63, 3.8) is 0 Å². The zero-order chi connectivity index (χ0) is 14.8. The molecule has 0 bridgehead atoms. The van der Waals surface area contributed by atoms with E-state index in [0.717, 1.165) is 11.0 Å². The molecule has 1 aromatic heterocycles. The van der Waals surface area contributed by atoms with E-state index >= 15 is 0 Å². The quantitative estimate of drug-likeness (QED) is 0.802. The van der Waals surface area contributed by atoms with E-state index in [4.69, 9.17) is 11.6 Å². The molecule has 5 heteroatoms. The Kier molecular flexibility index (Phi) is 3.90. The van der Waals surface area contributed by atoms with Gasteiger partial charge in [0.1, 0.15) is 5.82 Å². The predicted molar refractivity (Wildman–Crippen MR) is 80.9 cm³/mol. The van der Waals surface area contributed by atoms with Gasteiger partial charge in [0.15, 0.2) is 0 Å².